The number of fused-ring (bicyclic) bond motifs is 1. The number of amides is 2. The lowest BCUT2D eigenvalue weighted by molar-refractivity contribution is -0.144. The third-order valence-electron chi connectivity index (χ3n) is 7.26. The number of nitrogens with one attached hydrogen (secondary N) is 1. The maximum Gasteiger partial charge on any atom is 0.226 e. The van der Waals surface area contributed by atoms with Crippen LogP contribution in [-0.4, -0.2) is 34.1 Å². The molecule has 4 nitrogen and oxygen atoms in total. The lowest BCUT2D eigenvalue weighted by atomic mass is 9.49. The molecule has 2 unspecified atom stereocenters. The monoisotopic (exact) mass is 450 g/mol. The molecule has 5 aliphatic rings. The first-order valence-electron chi connectivity index (χ1n) is 10.3. The SMILES string of the molecule is O=C(CCNC(=O)C12CC3CC(CC(Br)(C3)C1)C2)N1CCc2sccc2C1. The molecule has 2 heterocycles. The number of hydrogen-bond donors (Lipinski definition) is 1. The van der Waals surface area contributed by atoms with E-state index in [9.17, 15) is 9.59 Å². The minimum Gasteiger partial charge on any atom is -0.355 e. The Morgan fingerprint density at radius 3 is 2.78 bits per heavy atom. The first-order chi connectivity index (χ1) is 12.9. The largest absolute Gasteiger partial charge is 0.355 e. The molecule has 0 saturated heterocycles. The van der Waals surface area contributed by atoms with Crippen molar-refractivity contribution < 1.29 is 9.59 Å². The van der Waals surface area contributed by atoms with Gasteiger partial charge in [0, 0.05) is 35.3 Å². The summed E-state index contributed by atoms with van der Waals surface area (Å²) in [6.07, 6.45) is 8.21. The van der Waals surface area contributed by atoms with E-state index in [2.05, 4.69) is 32.7 Å². The summed E-state index contributed by atoms with van der Waals surface area (Å²) in [5.41, 5.74) is 1.10. The number of halogens is 1. The van der Waals surface area contributed by atoms with E-state index in [1.54, 1.807) is 11.3 Å². The molecule has 4 fully saturated rings. The number of nitrogens with zero attached hydrogens (tertiary/aromatic N) is 1. The van der Waals surface area contributed by atoms with E-state index in [1.807, 2.05) is 4.90 Å². The van der Waals surface area contributed by atoms with E-state index < -0.39 is 0 Å². The van der Waals surface area contributed by atoms with Gasteiger partial charge < -0.3 is 10.2 Å². The Kier molecular flexibility index (Phi) is 4.43. The molecule has 146 valence electrons. The molecule has 0 aromatic carbocycles. The maximum atomic E-state index is 13.1. The van der Waals surface area contributed by atoms with Crippen LogP contribution in [0.2, 0.25) is 0 Å². The zero-order valence-electron chi connectivity index (χ0n) is 15.6. The normalized spacial score (nSPS) is 36.6. The standard InChI is InChI=1S/C21H27BrN2O2S/c22-21-10-14-7-15(11-21)9-20(8-14,13-21)19(26)23-4-1-18(25)24-5-2-17-16(12-24)3-6-27-17/h3,6,14-15H,1-2,4-5,7-13H2,(H,23,26). The smallest absolute Gasteiger partial charge is 0.226 e. The van der Waals surface area contributed by atoms with Crippen LogP contribution < -0.4 is 5.32 Å². The molecule has 0 radical (unpaired) electrons. The lowest BCUT2D eigenvalue weighted by Gasteiger charge is -2.59. The van der Waals surface area contributed by atoms with Crippen molar-refractivity contribution in [2.24, 2.45) is 17.3 Å². The van der Waals surface area contributed by atoms with Gasteiger partial charge in [-0.1, -0.05) is 15.9 Å². The number of thiophene rings is 1. The molecule has 27 heavy (non-hydrogen) atoms. The maximum absolute atomic E-state index is 13.1. The molecule has 1 N–H and O–H groups in total. The molecule has 1 aromatic rings. The average molecular weight is 451 g/mol. The van der Waals surface area contributed by atoms with Crippen LogP contribution in [0.4, 0.5) is 0 Å². The van der Waals surface area contributed by atoms with Gasteiger partial charge in [-0.05, 0) is 73.8 Å². The molecular weight excluding hydrogens is 424 g/mol. The Balaban J connectivity index is 1.16. The van der Waals surface area contributed by atoms with Crippen molar-refractivity contribution in [1.29, 1.82) is 0 Å². The fourth-order valence-corrected chi connectivity index (χ4v) is 8.85. The Morgan fingerprint density at radius 1 is 1.26 bits per heavy atom. The Hall–Kier alpha value is -0.880. The van der Waals surface area contributed by atoms with Crippen molar-refractivity contribution in [3.63, 3.8) is 0 Å². The van der Waals surface area contributed by atoms with Gasteiger partial charge in [-0.15, -0.1) is 11.3 Å². The minimum absolute atomic E-state index is 0.162. The van der Waals surface area contributed by atoms with Gasteiger partial charge in [0.15, 0.2) is 0 Å². The van der Waals surface area contributed by atoms with Gasteiger partial charge in [0.2, 0.25) is 11.8 Å². The number of alkyl halides is 1. The first kappa shape index (κ1) is 18.2. The van der Waals surface area contributed by atoms with Crippen LogP contribution in [0, 0.1) is 17.3 Å². The van der Waals surface area contributed by atoms with E-state index in [-0.39, 0.29) is 21.6 Å². The Morgan fingerprint density at radius 2 is 2.04 bits per heavy atom. The number of carbonyl (C=O) groups excluding carboxylic acids is 2. The summed E-state index contributed by atoms with van der Waals surface area (Å²) < 4.78 is 0.191. The fraction of sp³-hybridized carbons (Fsp3) is 0.714. The molecule has 4 aliphatic carbocycles. The summed E-state index contributed by atoms with van der Waals surface area (Å²) in [6.45, 7) is 2.00. The second-order valence-electron chi connectivity index (χ2n) is 9.33. The summed E-state index contributed by atoms with van der Waals surface area (Å²) in [6, 6.07) is 2.13. The molecule has 1 aliphatic heterocycles. The van der Waals surface area contributed by atoms with Crippen molar-refractivity contribution in [2.45, 2.75) is 62.2 Å². The van der Waals surface area contributed by atoms with Gasteiger partial charge in [-0.2, -0.15) is 0 Å². The summed E-state index contributed by atoms with van der Waals surface area (Å²) in [5.74, 6) is 1.76. The van der Waals surface area contributed by atoms with Gasteiger partial charge in [0.05, 0.1) is 5.41 Å². The fourth-order valence-electron chi connectivity index (χ4n) is 6.51. The van der Waals surface area contributed by atoms with Crippen LogP contribution in [0.3, 0.4) is 0 Å². The summed E-state index contributed by atoms with van der Waals surface area (Å²) >= 11 is 5.76. The molecule has 2 atom stereocenters. The zero-order chi connectivity index (χ0) is 18.6. The third kappa shape index (κ3) is 3.27. The minimum atomic E-state index is -0.187. The molecule has 0 spiro atoms. The van der Waals surface area contributed by atoms with Gasteiger partial charge in [-0.25, -0.2) is 0 Å². The molecule has 4 bridgehead atoms. The van der Waals surface area contributed by atoms with Crippen LogP contribution in [0.5, 0.6) is 0 Å². The molecule has 4 saturated carbocycles. The van der Waals surface area contributed by atoms with Crippen molar-refractivity contribution in [2.75, 3.05) is 13.1 Å². The van der Waals surface area contributed by atoms with Gasteiger partial charge >= 0.3 is 0 Å². The second-order valence-corrected chi connectivity index (χ2v) is 12.0. The van der Waals surface area contributed by atoms with Crippen molar-refractivity contribution in [3.8, 4) is 0 Å². The molecule has 6 heteroatoms. The number of rotatable bonds is 4. The molecule has 2 amide bonds. The first-order valence-corrected chi connectivity index (χ1v) is 11.9. The molecule has 1 aromatic heterocycles. The average Bonchev–Trinajstić information content (AvgIpc) is 3.07. The van der Waals surface area contributed by atoms with E-state index in [4.69, 9.17) is 0 Å². The quantitative estimate of drug-likeness (QED) is 0.707. The summed E-state index contributed by atoms with van der Waals surface area (Å²) in [5, 5.41) is 5.25. The lowest BCUT2D eigenvalue weighted by Crippen LogP contribution is -2.58. The highest BCUT2D eigenvalue weighted by atomic mass is 79.9. The van der Waals surface area contributed by atoms with Crippen molar-refractivity contribution in [3.05, 3.63) is 21.9 Å². The Labute approximate surface area is 173 Å². The van der Waals surface area contributed by atoms with E-state index in [0.29, 0.717) is 24.8 Å². The molecule has 6 rings (SSSR count). The number of carbonyl (C=O) groups is 2. The van der Waals surface area contributed by atoms with Crippen LogP contribution in [0.25, 0.3) is 0 Å². The van der Waals surface area contributed by atoms with E-state index in [1.165, 1.54) is 29.7 Å². The van der Waals surface area contributed by atoms with Crippen molar-refractivity contribution in [1.82, 2.24) is 10.2 Å². The highest BCUT2D eigenvalue weighted by Crippen LogP contribution is 2.64. The van der Waals surface area contributed by atoms with Crippen LogP contribution in [-0.2, 0) is 22.6 Å². The zero-order valence-corrected chi connectivity index (χ0v) is 18.0. The van der Waals surface area contributed by atoms with E-state index in [0.717, 1.165) is 38.8 Å². The topological polar surface area (TPSA) is 49.4 Å². The van der Waals surface area contributed by atoms with Crippen molar-refractivity contribution >= 4 is 39.1 Å². The summed E-state index contributed by atoms with van der Waals surface area (Å²) in [7, 11) is 0. The second kappa shape index (κ2) is 6.58. The van der Waals surface area contributed by atoms with Crippen LogP contribution in [0.1, 0.15) is 55.4 Å². The van der Waals surface area contributed by atoms with Gasteiger partial charge in [0.1, 0.15) is 0 Å². The molecular formula is C21H27BrN2O2S. The third-order valence-corrected chi connectivity index (χ3v) is 9.21. The Bertz CT molecular complexity index is 762. The number of hydrogen-bond acceptors (Lipinski definition) is 3. The highest BCUT2D eigenvalue weighted by molar-refractivity contribution is 9.10. The predicted octanol–water partition coefficient (Wildman–Crippen LogP) is 3.87. The van der Waals surface area contributed by atoms with E-state index >= 15 is 0 Å². The van der Waals surface area contributed by atoms with Crippen LogP contribution in [0.15, 0.2) is 11.4 Å². The van der Waals surface area contributed by atoms with Crippen LogP contribution >= 0.6 is 27.3 Å². The predicted molar refractivity (Wildman–Crippen MR) is 110 cm³/mol. The summed E-state index contributed by atoms with van der Waals surface area (Å²) in [4.78, 5) is 29.0. The van der Waals surface area contributed by atoms with Gasteiger partial charge in [-0.3, -0.25) is 9.59 Å². The van der Waals surface area contributed by atoms with Gasteiger partial charge in [0.25, 0.3) is 0 Å². The highest BCUT2D eigenvalue weighted by Gasteiger charge is 2.59.